The monoisotopic (exact) mass is 584 g/mol. The molecule has 2 aromatic carbocycles. The van der Waals surface area contributed by atoms with Gasteiger partial charge in [0, 0.05) is 29.4 Å². The van der Waals surface area contributed by atoms with E-state index in [9.17, 15) is 19.2 Å². The van der Waals surface area contributed by atoms with Crippen molar-refractivity contribution in [3.8, 4) is 0 Å². The van der Waals surface area contributed by atoms with Crippen LogP contribution >= 0.6 is 0 Å². The van der Waals surface area contributed by atoms with E-state index in [1.807, 2.05) is 60.7 Å². The van der Waals surface area contributed by atoms with Crippen molar-refractivity contribution < 1.29 is 23.9 Å². The van der Waals surface area contributed by atoms with Crippen molar-refractivity contribution in [3.05, 3.63) is 100 Å². The number of rotatable bonds is 11. The predicted molar refractivity (Wildman–Crippen MR) is 161 cm³/mol. The van der Waals surface area contributed by atoms with Gasteiger partial charge in [-0.3, -0.25) is 30.1 Å². The van der Waals surface area contributed by atoms with Crippen LogP contribution in [0.2, 0.25) is 0 Å². The Morgan fingerprint density at radius 2 is 1.65 bits per heavy atom. The standard InChI is InChI=1S/C32H36N6O5/c1-19-26(28(39)24-14-9-15-35-24)27(22(18-36-19)30(34)38-32(42)43-2)29(40)25(17-21-12-7-4-8-13-21)37-31(41)23(33)16-20-10-5-3-6-11-20/h3-8,10-13,18,23-25,35H,9,14-17,33H2,1-2H3,(H,37,41)(H2,34,38,42)/t23-,24-,25-/m0/s1. The third-order valence-corrected chi connectivity index (χ3v) is 7.37. The van der Waals surface area contributed by atoms with Crippen molar-refractivity contribution in [2.75, 3.05) is 13.7 Å². The average Bonchev–Trinajstić information content (AvgIpc) is 3.56. The zero-order valence-electron chi connectivity index (χ0n) is 24.2. The number of hydrogen-bond donors (Lipinski definition) is 5. The fourth-order valence-corrected chi connectivity index (χ4v) is 5.13. The molecule has 0 unspecified atom stereocenters. The number of ether oxygens (including phenoxy) is 1. The summed E-state index contributed by atoms with van der Waals surface area (Å²) in [7, 11) is 1.15. The van der Waals surface area contributed by atoms with E-state index in [2.05, 4.69) is 25.7 Å². The van der Waals surface area contributed by atoms with Gasteiger partial charge in [-0.1, -0.05) is 60.7 Å². The molecule has 1 fully saturated rings. The Balaban J connectivity index is 1.77. The van der Waals surface area contributed by atoms with Crippen LogP contribution in [0.25, 0.3) is 0 Å². The van der Waals surface area contributed by atoms with Crippen LogP contribution in [0.3, 0.4) is 0 Å². The van der Waals surface area contributed by atoms with E-state index >= 15 is 0 Å². The summed E-state index contributed by atoms with van der Waals surface area (Å²) in [6.07, 6.45) is 2.06. The molecule has 224 valence electrons. The highest BCUT2D eigenvalue weighted by molar-refractivity contribution is 6.20. The van der Waals surface area contributed by atoms with Crippen LogP contribution in [0.5, 0.6) is 0 Å². The maximum Gasteiger partial charge on any atom is 0.412 e. The molecule has 43 heavy (non-hydrogen) atoms. The number of amidine groups is 1. The Kier molecular flexibility index (Phi) is 10.5. The Bertz CT molecular complexity index is 1490. The van der Waals surface area contributed by atoms with Crippen molar-refractivity contribution in [1.82, 2.24) is 20.9 Å². The van der Waals surface area contributed by atoms with Gasteiger partial charge in [0.2, 0.25) is 5.91 Å². The van der Waals surface area contributed by atoms with Crippen molar-refractivity contribution in [2.45, 2.75) is 50.7 Å². The smallest absolute Gasteiger partial charge is 0.412 e. The number of aromatic nitrogens is 1. The number of ketones is 2. The number of nitrogens with zero attached hydrogens (tertiary/aromatic N) is 1. The number of hydrogen-bond acceptors (Lipinski definition) is 9. The second kappa shape index (κ2) is 14.4. The lowest BCUT2D eigenvalue weighted by Gasteiger charge is -2.24. The topological polar surface area (TPSA) is 176 Å². The van der Waals surface area contributed by atoms with Gasteiger partial charge >= 0.3 is 6.09 Å². The lowest BCUT2D eigenvalue weighted by atomic mass is 9.87. The number of carbonyl (C=O) groups is 4. The minimum absolute atomic E-state index is 0.0409. The fraction of sp³-hybridized carbons (Fsp3) is 0.312. The summed E-state index contributed by atoms with van der Waals surface area (Å²) >= 11 is 0. The molecule has 0 radical (unpaired) electrons. The molecule has 4 rings (SSSR count). The minimum atomic E-state index is -1.15. The van der Waals surface area contributed by atoms with Gasteiger partial charge in [0.25, 0.3) is 0 Å². The first-order valence-corrected chi connectivity index (χ1v) is 14.1. The number of pyridine rings is 1. The molecule has 1 aliphatic heterocycles. The second-order valence-electron chi connectivity index (χ2n) is 10.4. The summed E-state index contributed by atoms with van der Waals surface area (Å²) in [5.41, 5.74) is 8.06. The second-order valence-corrected chi connectivity index (χ2v) is 10.4. The molecular weight excluding hydrogens is 548 g/mol. The molecule has 0 saturated carbocycles. The van der Waals surface area contributed by atoms with Gasteiger partial charge in [0.05, 0.1) is 30.8 Å². The lowest BCUT2D eigenvalue weighted by molar-refractivity contribution is -0.122. The first kappa shape index (κ1) is 31.2. The summed E-state index contributed by atoms with van der Waals surface area (Å²) in [6.45, 7) is 2.26. The van der Waals surface area contributed by atoms with Gasteiger partial charge in [0.15, 0.2) is 11.6 Å². The first-order chi connectivity index (χ1) is 20.7. The molecule has 11 nitrogen and oxygen atoms in total. The highest BCUT2D eigenvalue weighted by Crippen LogP contribution is 2.25. The van der Waals surface area contributed by atoms with Crippen molar-refractivity contribution in [1.29, 1.82) is 5.41 Å². The highest BCUT2D eigenvalue weighted by atomic mass is 16.5. The SMILES string of the molecule is COC(=O)NC(=N)c1cnc(C)c(C(=O)[C@@H]2CCCN2)c1C(=O)[C@H](Cc1ccccc1)NC(=O)[C@@H](N)Cc1ccccc1. The molecule has 3 aromatic rings. The van der Waals surface area contributed by atoms with Crippen molar-refractivity contribution >= 4 is 29.4 Å². The molecule has 1 saturated heterocycles. The predicted octanol–water partition coefficient (Wildman–Crippen LogP) is 2.49. The molecule has 11 heteroatoms. The Morgan fingerprint density at radius 3 is 2.23 bits per heavy atom. The zero-order chi connectivity index (χ0) is 30.9. The molecule has 3 atom stereocenters. The van der Waals surface area contributed by atoms with Crippen LogP contribution in [-0.2, 0) is 22.4 Å². The van der Waals surface area contributed by atoms with E-state index in [1.165, 1.54) is 6.20 Å². The molecule has 1 aliphatic rings. The van der Waals surface area contributed by atoms with E-state index in [0.29, 0.717) is 18.7 Å². The number of carbonyl (C=O) groups excluding carboxylic acids is 4. The average molecular weight is 585 g/mol. The number of nitrogens with two attached hydrogens (primary N) is 1. The number of benzene rings is 2. The Hall–Kier alpha value is -4.74. The van der Waals surface area contributed by atoms with Gasteiger partial charge < -0.3 is 21.1 Å². The van der Waals surface area contributed by atoms with Gasteiger partial charge in [-0.05, 0) is 43.9 Å². The van der Waals surface area contributed by atoms with Crippen LogP contribution in [-0.4, -0.2) is 66.2 Å². The van der Waals surface area contributed by atoms with Gasteiger partial charge in [-0.2, -0.15) is 0 Å². The molecule has 2 heterocycles. The van der Waals surface area contributed by atoms with E-state index < -0.39 is 41.7 Å². The van der Waals surface area contributed by atoms with E-state index in [0.717, 1.165) is 24.7 Å². The maximum absolute atomic E-state index is 14.5. The summed E-state index contributed by atoms with van der Waals surface area (Å²) in [5.74, 6) is -1.97. The third kappa shape index (κ3) is 7.76. The molecule has 1 aromatic heterocycles. The highest BCUT2D eigenvalue weighted by Gasteiger charge is 2.35. The van der Waals surface area contributed by atoms with Gasteiger partial charge in [-0.15, -0.1) is 0 Å². The van der Waals surface area contributed by atoms with Crippen LogP contribution in [0.4, 0.5) is 4.79 Å². The normalized spacial score (nSPS) is 15.7. The molecular formula is C32H36N6O5. The van der Waals surface area contributed by atoms with E-state index in [4.69, 9.17) is 11.1 Å². The van der Waals surface area contributed by atoms with Crippen LogP contribution < -0.4 is 21.7 Å². The molecule has 0 aliphatic carbocycles. The Morgan fingerprint density at radius 1 is 1.02 bits per heavy atom. The minimum Gasteiger partial charge on any atom is -0.453 e. The van der Waals surface area contributed by atoms with Crippen molar-refractivity contribution in [2.24, 2.45) is 5.73 Å². The summed E-state index contributed by atoms with van der Waals surface area (Å²) in [4.78, 5) is 58.0. The largest absolute Gasteiger partial charge is 0.453 e. The summed E-state index contributed by atoms with van der Waals surface area (Å²) < 4.78 is 4.64. The number of aryl methyl sites for hydroxylation is 1. The van der Waals surface area contributed by atoms with Crippen LogP contribution in [0.15, 0.2) is 66.9 Å². The lowest BCUT2D eigenvalue weighted by Crippen LogP contribution is -2.50. The van der Waals surface area contributed by atoms with E-state index in [-0.39, 0.29) is 35.3 Å². The molecule has 2 amide bonds. The number of Topliss-reactive ketones (excluding diaryl/α,β-unsaturated/α-hetero) is 2. The quantitative estimate of drug-likeness (QED) is 0.130. The molecule has 0 bridgehead atoms. The number of methoxy groups -OCH3 is 1. The summed E-state index contributed by atoms with van der Waals surface area (Å²) in [5, 5.41) is 16.8. The molecule has 6 N–H and O–H groups in total. The third-order valence-electron chi connectivity index (χ3n) is 7.37. The number of alkyl carbamates (subject to hydrolysis) is 1. The van der Waals surface area contributed by atoms with E-state index in [1.54, 1.807) is 6.92 Å². The number of nitrogens with one attached hydrogen (secondary N) is 4. The first-order valence-electron chi connectivity index (χ1n) is 14.1. The zero-order valence-corrected chi connectivity index (χ0v) is 24.2. The van der Waals surface area contributed by atoms with Crippen molar-refractivity contribution in [3.63, 3.8) is 0 Å². The van der Waals surface area contributed by atoms with Crippen LogP contribution in [0, 0.1) is 12.3 Å². The fourth-order valence-electron chi connectivity index (χ4n) is 5.13. The Labute approximate surface area is 250 Å². The molecule has 0 spiro atoms. The van der Waals surface area contributed by atoms with Crippen LogP contribution in [0.1, 0.15) is 55.9 Å². The summed E-state index contributed by atoms with van der Waals surface area (Å²) in [6, 6.07) is 15.8. The van der Waals surface area contributed by atoms with Gasteiger partial charge in [-0.25, -0.2) is 4.79 Å². The number of amides is 2. The van der Waals surface area contributed by atoms with Gasteiger partial charge in [0.1, 0.15) is 5.84 Å². The maximum atomic E-state index is 14.5.